The molecule has 1 atom stereocenters. The summed E-state index contributed by atoms with van der Waals surface area (Å²) in [7, 11) is 0. The van der Waals surface area contributed by atoms with Crippen molar-refractivity contribution in [1.29, 1.82) is 0 Å². The summed E-state index contributed by atoms with van der Waals surface area (Å²) in [6, 6.07) is 3.16. The Morgan fingerprint density at radius 3 is 2.50 bits per heavy atom. The molecule has 0 aromatic carbocycles. The SMILES string of the molecule is CC(C)(C)C(NC(=O)CCCc1ccc(Br)s1)C(=O)O. The van der Waals surface area contributed by atoms with Gasteiger partial charge in [0, 0.05) is 11.3 Å². The molecule has 1 rings (SSSR count). The number of carboxylic acid groups (broad SMARTS) is 1. The summed E-state index contributed by atoms with van der Waals surface area (Å²) in [5.74, 6) is -1.20. The Bertz CT molecular complexity index is 479. The van der Waals surface area contributed by atoms with Crippen molar-refractivity contribution in [3.63, 3.8) is 0 Å². The molecule has 6 heteroatoms. The van der Waals surface area contributed by atoms with Crippen molar-refractivity contribution in [2.24, 2.45) is 5.41 Å². The van der Waals surface area contributed by atoms with E-state index in [1.807, 2.05) is 12.1 Å². The third-order valence-electron chi connectivity index (χ3n) is 2.87. The van der Waals surface area contributed by atoms with Crippen molar-refractivity contribution < 1.29 is 14.7 Å². The van der Waals surface area contributed by atoms with Crippen LogP contribution in [0.1, 0.15) is 38.5 Å². The minimum absolute atomic E-state index is 0.206. The quantitative estimate of drug-likeness (QED) is 0.815. The van der Waals surface area contributed by atoms with Gasteiger partial charge >= 0.3 is 5.97 Å². The third-order valence-corrected chi connectivity index (χ3v) is 4.56. The van der Waals surface area contributed by atoms with Gasteiger partial charge in [0.15, 0.2) is 0 Å². The van der Waals surface area contributed by atoms with E-state index in [2.05, 4.69) is 21.2 Å². The minimum Gasteiger partial charge on any atom is -0.480 e. The summed E-state index contributed by atoms with van der Waals surface area (Å²) in [5.41, 5.74) is -0.500. The summed E-state index contributed by atoms with van der Waals surface area (Å²) in [6.45, 7) is 5.40. The maximum absolute atomic E-state index is 11.8. The molecule has 0 saturated heterocycles. The first kappa shape index (κ1) is 17.2. The van der Waals surface area contributed by atoms with Gasteiger partial charge in [0.25, 0.3) is 0 Å². The molecule has 2 N–H and O–H groups in total. The summed E-state index contributed by atoms with van der Waals surface area (Å²) < 4.78 is 1.08. The Morgan fingerprint density at radius 2 is 2.05 bits per heavy atom. The highest BCUT2D eigenvalue weighted by Gasteiger charge is 2.32. The lowest BCUT2D eigenvalue weighted by Gasteiger charge is -2.27. The monoisotopic (exact) mass is 361 g/mol. The number of hydrogen-bond donors (Lipinski definition) is 2. The maximum atomic E-state index is 11.8. The van der Waals surface area contributed by atoms with Crippen LogP contribution >= 0.6 is 27.3 Å². The highest BCUT2D eigenvalue weighted by molar-refractivity contribution is 9.11. The van der Waals surface area contributed by atoms with Crippen molar-refractivity contribution >= 4 is 39.1 Å². The number of nitrogens with one attached hydrogen (secondary N) is 1. The van der Waals surface area contributed by atoms with E-state index in [9.17, 15) is 9.59 Å². The van der Waals surface area contributed by atoms with E-state index < -0.39 is 17.4 Å². The molecule has 0 aliphatic carbocycles. The number of amides is 1. The summed E-state index contributed by atoms with van der Waals surface area (Å²) >= 11 is 5.05. The smallest absolute Gasteiger partial charge is 0.326 e. The van der Waals surface area contributed by atoms with E-state index in [1.165, 1.54) is 4.88 Å². The van der Waals surface area contributed by atoms with E-state index in [1.54, 1.807) is 32.1 Å². The highest BCUT2D eigenvalue weighted by Crippen LogP contribution is 2.23. The van der Waals surface area contributed by atoms with Crippen molar-refractivity contribution in [1.82, 2.24) is 5.32 Å². The average molecular weight is 362 g/mol. The van der Waals surface area contributed by atoms with E-state index in [-0.39, 0.29) is 5.91 Å². The van der Waals surface area contributed by atoms with Crippen molar-refractivity contribution in [3.8, 4) is 0 Å². The zero-order valence-corrected chi connectivity index (χ0v) is 14.3. The Labute approximate surface area is 131 Å². The maximum Gasteiger partial charge on any atom is 0.326 e. The molecule has 0 aliphatic rings. The van der Waals surface area contributed by atoms with Crippen molar-refractivity contribution in [3.05, 3.63) is 20.8 Å². The fraction of sp³-hybridized carbons (Fsp3) is 0.571. The van der Waals surface area contributed by atoms with Gasteiger partial charge in [-0.15, -0.1) is 11.3 Å². The van der Waals surface area contributed by atoms with E-state index in [0.29, 0.717) is 6.42 Å². The van der Waals surface area contributed by atoms with Gasteiger partial charge in [0.1, 0.15) is 6.04 Å². The number of aliphatic carboxylic acids is 1. The summed E-state index contributed by atoms with van der Waals surface area (Å²) in [6.07, 6.45) is 1.89. The lowest BCUT2D eigenvalue weighted by Crippen LogP contribution is -2.49. The fourth-order valence-electron chi connectivity index (χ4n) is 1.79. The predicted molar refractivity (Wildman–Crippen MR) is 84.0 cm³/mol. The number of carboxylic acids is 1. The number of carbonyl (C=O) groups is 2. The molecular formula is C14H20BrNO3S. The van der Waals surface area contributed by atoms with Crippen LogP contribution in [-0.4, -0.2) is 23.0 Å². The molecule has 1 aromatic heterocycles. The van der Waals surface area contributed by atoms with Crippen LogP contribution in [0.2, 0.25) is 0 Å². The zero-order valence-electron chi connectivity index (χ0n) is 11.9. The molecule has 0 aliphatic heterocycles. The number of hydrogen-bond acceptors (Lipinski definition) is 3. The van der Waals surface area contributed by atoms with E-state index >= 15 is 0 Å². The lowest BCUT2D eigenvalue weighted by molar-refractivity contribution is -0.144. The lowest BCUT2D eigenvalue weighted by atomic mass is 9.86. The molecule has 1 aromatic rings. The molecule has 1 amide bonds. The molecule has 20 heavy (non-hydrogen) atoms. The average Bonchev–Trinajstić information content (AvgIpc) is 2.70. The molecule has 1 heterocycles. The first-order chi connectivity index (χ1) is 9.20. The highest BCUT2D eigenvalue weighted by atomic mass is 79.9. The topological polar surface area (TPSA) is 66.4 Å². The second-order valence-corrected chi connectivity index (χ2v) is 8.31. The van der Waals surface area contributed by atoms with Gasteiger partial charge in [-0.3, -0.25) is 4.79 Å². The van der Waals surface area contributed by atoms with Crippen molar-refractivity contribution in [2.45, 2.75) is 46.1 Å². The Kier molecular flexibility index (Phi) is 6.20. The Morgan fingerprint density at radius 1 is 1.40 bits per heavy atom. The van der Waals surface area contributed by atoms with Crippen LogP contribution in [0.25, 0.3) is 0 Å². The first-order valence-electron chi connectivity index (χ1n) is 6.46. The van der Waals surface area contributed by atoms with Gasteiger partial charge in [-0.2, -0.15) is 0 Å². The van der Waals surface area contributed by atoms with E-state index in [0.717, 1.165) is 16.6 Å². The predicted octanol–water partition coefficient (Wildman–Crippen LogP) is 3.45. The third kappa shape index (κ3) is 5.63. The van der Waals surface area contributed by atoms with Crippen LogP contribution in [0.5, 0.6) is 0 Å². The molecule has 0 fully saturated rings. The van der Waals surface area contributed by atoms with Crippen LogP contribution in [0.3, 0.4) is 0 Å². The largest absolute Gasteiger partial charge is 0.480 e. The van der Waals surface area contributed by atoms with Gasteiger partial charge in [-0.25, -0.2) is 4.79 Å². The Balaban J connectivity index is 2.41. The molecular weight excluding hydrogens is 342 g/mol. The first-order valence-corrected chi connectivity index (χ1v) is 8.07. The normalized spacial score (nSPS) is 13.0. The van der Waals surface area contributed by atoms with Gasteiger partial charge in [0.2, 0.25) is 5.91 Å². The van der Waals surface area contributed by atoms with Crippen molar-refractivity contribution in [2.75, 3.05) is 0 Å². The van der Waals surface area contributed by atoms with Gasteiger partial charge in [-0.05, 0) is 46.3 Å². The molecule has 112 valence electrons. The molecule has 0 radical (unpaired) electrons. The minimum atomic E-state index is -0.993. The second kappa shape index (κ2) is 7.22. The van der Waals surface area contributed by atoms with Gasteiger partial charge < -0.3 is 10.4 Å². The number of halogens is 1. The number of thiophene rings is 1. The summed E-state index contributed by atoms with van der Waals surface area (Å²) in [4.78, 5) is 24.2. The fourth-order valence-corrected chi connectivity index (χ4v) is 3.32. The Hall–Kier alpha value is -0.880. The second-order valence-electron chi connectivity index (χ2n) is 5.76. The van der Waals surface area contributed by atoms with E-state index in [4.69, 9.17) is 5.11 Å². The number of carbonyl (C=O) groups excluding carboxylic acids is 1. The van der Waals surface area contributed by atoms with Crippen LogP contribution < -0.4 is 5.32 Å². The zero-order chi connectivity index (χ0) is 15.3. The number of rotatable bonds is 6. The van der Waals surface area contributed by atoms with Crippen LogP contribution in [-0.2, 0) is 16.0 Å². The van der Waals surface area contributed by atoms with Crippen LogP contribution in [0.4, 0.5) is 0 Å². The molecule has 4 nitrogen and oxygen atoms in total. The molecule has 0 spiro atoms. The standard InChI is InChI=1S/C14H20BrNO3S/c1-14(2,3)12(13(18)19)16-11(17)6-4-5-9-7-8-10(15)20-9/h7-8,12H,4-6H2,1-3H3,(H,16,17)(H,18,19). The summed E-state index contributed by atoms with van der Waals surface area (Å²) in [5, 5.41) is 11.7. The molecule has 1 unspecified atom stereocenters. The molecule has 0 saturated carbocycles. The molecule has 0 bridgehead atoms. The number of aryl methyl sites for hydroxylation is 1. The van der Waals surface area contributed by atoms with Gasteiger partial charge in [0.05, 0.1) is 3.79 Å². The van der Waals surface area contributed by atoms with Crippen LogP contribution in [0, 0.1) is 5.41 Å². The van der Waals surface area contributed by atoms with Crippen LogP contribution in [0.15, 0.2) is 15.9 Å². The van der Waals surface area contributed by atoms with Gasteiger partial charge in [-0.1, -0.05) is 20.8 Å².